The molecule has 0 atom stereocenters. The molecular weight excluding hydrogens is 378 g/mol. The van der Waals surface area contributed by atoms with Gasteiger partial charge in [-0.3, -0.25) is 4.90 Å². The van der Waals surface area contributed by atoms with Gasteiger partial charge in [0, 0.05) is 6.07 Å². The van der Waals surface area contributed by atoms with Crippen LogP contribution in [0.1, 0.15) is 50.8 Å². The minimum absolute atomic E-state index is 0.0132. The Morgan fingerprint density at radius 1 is 0.867 bits per heavy atom. The summed E-state index contributed by atoms with van der Waals surface area (Å²) in [7, 11) is 0. The Balaban J connectivity index is 1.38. The molecule has 4 bridgehead atoms. The average Bonchev–Trinajstić information content (AvgIpc) is 3.46. The fourth-order valence-corrected chi connectivity index (χ4v) is 7.79. The third kappa shape index (κ3) is 2.33. The first-order valence-electron chi connectivity index (χ1n) is 11.8. The molecule has 1 aromatic heterocycles. The second-order valence-corrected chi connectivity index (χ2v) is 10.1. The van der Waals surface area contributed by atoms with Crippen molar-refractivity contribution in [3.05, 3.63) is 24.0 Å². The number of likely N-dealkylation sites (tertiary alicyclic amines) is 1. The summed E-state index contributed by atoms with van der Waals surface area (Å²) in [5, 5.41) is 13.5. The van der Waals surface area contributed by atoms with E-state index in [9.17, 15) is 0 Å². The zero-order valence-corrected chi connectivity index (χ0v) is 17.4. The lowest BCUT2D eigenvalue weighted by Crippen LogP contribution is -2.64. The molecule has 1 saturated heterocycles. The Labute approximate surface area is 176 Å². The molecule has 1 aromatic carbocycles. The summed E-state index contributed by atoms with van der Waals surface area (Å²) in [5.74, 6) is 5.85. The molecule has 2 aromatic rings. The van der Waals surface area contributed by atoms with Crippen LogP contribution >= 0.6 is 0 Å². The average molecular weight is 408 g/mol. The smallest absolute Gasteiger partial charge is 0.177 e. The maximum Gasteiger partial charge on any atom is 0.177 e. The van der Waals surface area contributed by atoms with Crippen molar-refractivity contribution < 1.29 is 9.47 Å². The normalized spacial score (nSPS) is 37.1. The van der Waals surface area contributed by atoms with Gasteiger partial charge in [-0.25, -0.2) is 0 Å². The summed E-state index contributed by atoms with van der Waals surface area (Å²) in [6.07, 6.45) is 9.42. The number of ether oxygens (including phenoxy) is 2. The molecule has 0 unspecified atom stereocenters. The Morgan fingerprint density at radius 3 is 2.30 bits per heavy atom. The number of aromatic nitrogens is 4. The quantitative estimate of drug-likeness (QED) is 0.779. The fraction of sp³-hybridized carbons (Fsp3) is 0.696. The third-order valence-electron chi connectivity index (χ3n) is 8.61. The molecule has 4 aliphatic carbocycles. The Hall–Kier alpha value is -2.15. The van der Waals surface area contributed by atoms with Crippen molar-refractivity contribution in [3.8, 4) is 17.2 Å². The van der Waals surface area contributed by atoms with Crippen molar-refractivity contribution >= 4 is 0 Å². The number of rotatable bonds is 3. The van der Waals surface area contributed by atoms with Gasteiger partial charge in [0.25, 0.3) is 0 Å². The maximum absolute atomic E-state index is 5.85. The molecule has 8 rings (SSSR count). The molecular formula is C23H29N5O2. The van der Waals surface area contributed by atoms with Gasteiger partial charge in [-0.2, -0.15) is 4.68 Å². The zero-order valence-electron chi connectivity index (χ0n) is 17.4. The first-order valence-corrected chi connectivity index (χ1v) is 11.8. The highest BCUT2D eigenvalue weighted by Gasteiger charge is 2.63. The molecule has 30 heavy (non-hydrogen) atoms. The topological polar surface area (TPSA) is 65.3 Å². The first-order chi connectivity index (χ1) is 14.8. The molecule has 0 amide bonds. The van der Waals surface area contributed by atoms with E-state index >= 15 is 0 Å². The Morgan fingerprint density at radius 2 is 1.57 bits per heavy atom. The van der Waals surface area contributed by atoms with Crippen LogP contribution in [0.5, 0.6) is 11.5 Å². The van der Waals surface area contributed by atoms with Crippen LogP contribution in [-0.4, -0.2) is 51.4 Å². The van der Waals surface area contributed by atoms with E-state index in [0.29, 0.717) is 25.0 Å². The second kappa shape index (κ2) is 6.42. The van der Waals surface area contributed by atoms with Gasteiger partial charge >= 0.3 is 0 Å². The van der Waals surface area contributed by atoms with Gasteiger partial charge in [0.05, 0.1) is 11.2 Å². The predicted octanol–water partition coefficient (Wildman–Crippen LogP) is 3.18. The van der Waals surface area contributed by atoms with E-state index in [4.69, 9.17) is 14.6 Å². The van der Waals surface area contributed by atoms with Crippen LogP contribution in [0.15, 0.2) is 18.2 Å². The van der Waals surface area contributed by atoms with Gasteiger partial charge in [0.15, 0.2) is 17.3 Å². The van der Waals surface area contributed by atoms with Crippen LogP contribution in [0.3, 0.4) is 0 Å². The minimum atomic E-state index is -0.0132. The molecule has 0 N–H and O–H groups in total. The van der Waals surface area contributed by atoms with Gasteiger partial charge in [-0.05, 0) is 104 Å². The van der Waals surface area contributed by atoms with Crippen LogP contribution in [0.2, 0.25) is 0 Å². The van der Waals surface area contributed by atoms with E-state index in [0.717, 1.165) is 34.8 Å². The van der Waals surface area contributed by atoms with Gasteiger partial charge < -0.3 is 9.47 Å². The van der Waals surface area contributed by atoms with Crippen molar-refractivity contribution in [1.82, 2.24) is 25.1 Å². The highest BCUT2D eigenvalue weighted by Crippen LogP contribution is 2.64. The molecule has 0 radical (unpaired) electrons. The molecule has 5 fully saturated rings. The largest absolute Gasteiger partial charge is 0.486 e. The summed E-state index contributed by atoms with van der Waals surface area (Å²) in [6.45, 7) is 3.54. The van der Waals surface area contributed by atoms with E-state index in [-0.39, 0.29) is 5.54 Å². The number of tetrazole rings is 1. The first kappa shape index (κ1) is 17.5. The Bertz CT molecular complexity index is 938. The van der Waals surface area contributed by atoms with Gasteiger partial charge in [-0.15, -0.1) is 5.10 Å². The zero-order chi connectivity index (χ0) is 19.7. The molecule has 3 heterocycles. The monoisotopic (exact) mass is 407 g/mol. The highest BCUT2D eigenvalue weighted by atomic mass is 16.6. The summed E-state index contributed by atoms with van der Waals surface area (Å²) in [5.41, 5.74) is 0.965. The molecule has 158 valence electrons. The SMILES string of the molecule is c1cc2c(cc1-n1nnnc1C1(N3CCCC3)C3CC4CC(C3)CC1C4)OCCO2. The van der Waals surface area contributed by atoms with Gasteiger partial charge in [0.1, 0.15) is 13.2 Å². The predicted molar refractivity (Wildman–Crippen MR) is 110 cm³/mol. The van der Waals surface area contributed by atoms with Crippen molar-refractivity contribution in [1.29, 1.82) is 0 Å². The van der Waals surface area contributed by atoms with Gasteiger partial charge in [-0.1, -0.05) is 0 Å². The lowest BCUT2D eigenvalue weighted by molar-refractivity contribution is -0.140. The lowest BCUT2D eigenvalue weighted by atomic mass is 9.47. The van der Waals surface area contributed by atoms with Gasteiger partial charge in [0.2, 0.25) is 0 Å². The summed E-state index contributed by atoms with van der Waals surface area (Å²) < 4.78 is 13.6. The maximum atomic E-state index is 5.85. The van der Waals surface area contributed by atoms with E-state index < -0.39 is 0 Å². The standard InChI is InChI=1S/C23H29N5O2/c1-2-6-27(5-1)23(17-10-15-9-16(12-17)13-18(23)11-15)22-24-25-26-28(22)19-3-4-20-21(14-19)30-8-7-29-20/h3-4,14-18H,1-2,5-13H2. The minimum Gasteiger partial charge on any atom is -0.486 e. The summed E-state index contributed by atoms with van der Waals surface area (Å²) in [4.78, 5) is 2.78. The van der Waals surface area contributed by atoms with E-state index in [2.05, 4.69) is 21.4 Å². The van der Waals surface area contributed by atoms with Crippen molar-refractivity contribution in [2.24, 2.45) is 23.7 Å². The van der Waals surface area contributed by atoms with Crippen LogP contribution in [-0.2, 0) is 5.54 Å². The van der Waals surface area contributed by atoms with Crippen molar-refractivity contribution in [2.45, 2.75) is 50.5 Å². The molecule has 7 heteroatoms. The third-order valence-corrected chi connectivity index (χ3v) is 8.61. The van der Waals surface area contributed by atoms with Crippen LogP contribution in [0.25, 0.3) is 5.69 Å². The van der Waals surface area contributed by atoms with E-state index in [1.54, 1.807) is 0 Å². The van der Waals surface area contributed by atoms with Crippen LogP contribution in [0.4, 0.5) is 0 Å². The number of nitrogens with zero attached hydrogens (tertiary/aromatic N) is 5. The number of hydrogen-bond donors (Lipinski definition) is 0. The van der Waals surface area contributed by atoms with E-state index in [1.807, 2.05) is 16.8 Å². The second-order valence-electron chi connectivity index (χ2n) is 10.1. The van der Waals surface area contributed by atoms with Crippen LogP contribution in [0, 0.1) is 23.7 Å². The molecule has 4 saturated carbocycles. The number of benzene rings is 1. The van der Waals surface area contributed by atoms with Crippen molar-refractivity contribution in [2.75, 3.05) is 26.3 Å². The van der Waals surface area contributed by atoms with Crippen LogP contribution < -0.4 is 9.47 Å². The summed E-state index contributed by atoms with van der Waals surface area (Å²) in [6, 6.07) is 6.11. The molecule has 6 aliphatic rings. The van der Waals surface area contributed by atoms with E-state index in [1.165, 1.54) is 58.0 Å². The fourth-order valence-electron chi connectivity index (χ4n) is 7.79. The van der Waals surface area contributed by atoms with Crippen molar-refractivity contribution in [3.63, 3.8) is 0 Å². The highest BCUT2D eigenvalue weighted by molar-refractivity contribution is 5.49. The number of fused-ring (bicyclic) bond motifs is 1. The number of hydrogen-bond acceptors (Lipinski definition) is 6. The molecule has 7 nitrogen and oxygen atoms in total. The summed E-state index contributed by atoms with van der Waals surface area (Å²) >= 11 is 0. The lowest BCUT2D eigenvalue weighted by Gasteiger charge is -2.63. The molecule has 2 aliphatic heterocycles. The Kier molecular flexibility index (Phi) is 3.75. The molecule has 0 spiro atoms.